The Hall–Kier alpha value is -2.61. The average molecular weight is 637 g/mol. The van der Waals surface area contributed by atoms with Gasteiger partial charge in [0.15, 0.2) is 5.17 Å². The molecule has 1 unspecified atom stereocenters. The number of rotatable bonds is 5. The number of para-hydroxylation sites is 1. The molecule has 3 aromatic carbocycles. The van der Waals surface area contributed by atoms with Crippen LogP contribution in [0.5, 0.6) is 0 Å². The van der Waals surface area contributed by atoms with Gasteiger partial charge in [-0.2, -0.15) is 0 Å². The number of nitrogens with zero attached hydrogens (tertiary/aromatic N) is 2. The molecule has 3 aromatic rings. The van der Waals surface area contributed by atoms with Crippen LogP contribution in [0.1, 0.15) is 36.4 Å². The molecule has 0 aromatic heterocycles. The molecule has 2 aliphatic rings. The second kappa shape index (κ2) is 11.8. The van der Waals surface area contributed by atoms with Gasteiger partial charge in [-0.15, -0.1) is 0 Å². The van der Waals surface area contributed by atoms with E-state index in [0.29, 0.717) is 5.75 Å². The zero-order chi connectivity index (χ0) is 25.8. The van der Waals surface area contributed by atoms with E-state index in [0.717, 1.165) is 50.3 Å². The van der Waals surface area contributed by atoms with Crippen molar-refractivity contribution in [3.05, 3.63) is 116 Å². The van der Waals surface area contributed by atoms with Crippen LogP contribution in [0.3, 0.4) is 0 Å². The molecule has 0 radical (unpaired) electrons. The smallest absolute Gasteiger partial charge is 0.237 e. The summed E-state index contributed by atoms with van der Waals surface area (Å²) in [5.74, 6) is 0.341. The number of anilines is 1. The summed E-state index contributed by atoms with van der Waals surface area (Å²) < 4.78 is 2.12. The van der Waals surface area contributed by atoms with Crippen molar-refractivity contribution >= 4 is 66.5 Å². The van der Waals surface area contributed by atoms with Crippen LogP contribution in [0.2, 0.25) is 0 Å². The molecule has 1 amide bonds. The number of hydrogen-bond acceptors (Lipinski definition) is 4. The summed E-state index contributed by atoms with van der Waals surface area (Å²) >= 11 is 8.55. The average Bonchev–Trinajstić information content (AvgIpc) is 2.93. The number of carbonyl (C=O) groups is 1. The summed E-state index contributed by atoms with van der Waals surface area (Å²) in [5, 5.41) is 4.40. The number of thioether (sulfide) groups is 1. The zero-order valence-electron chi connectivity index (χ0n) is 20.5. The third-order valence-corrected chi connectivity index (χ3v) is 8.52. The normalized spacial score (nSPS) is 18.2. The third-order valence-electron chi connectivity index (χ3n) is 6.59. The van der Waals surface area contributed by atoms with E-state index >= 15 is 0 Å². The summed E-state index contributed by atoms with van der Waals surface area (Å²) in [4.78, 5) is 19.8. The van der Waals surface area contributed by atoms with E-state index in [1.165, 1.54) is 28.5 Å². The molecular formula is C30H27Br2N3OS. The van der Waals surface area contributed by atoms with Crippen molar-refractivity contribution in [1.82, 2.24) is 5.32 Å². The maximum Gasteiger partial charge on any atom is 0.237 e. The van der Waals surface area contributed by atoms with Crippen molar-refractivity contribution in [3.63, 3.8) is 0 Å². The Kier molecular flexibility index (Phi) is 8.33. The van der Waals surface area contributed by atoms with Crippen LogP contribution in [0.15, 0.2) is 110 Å². The maximum absolute atomic E-state index is 13.0. The first-order chi connectivity index (χ1) is 18.0. The standard InChI is InChI=1S/C30H27Br2N3OS/c1-35(25-7-3-2-4-8-25)27(36)19-37-30-33-28(21-12-16-24(32)17-13-21)26-9-5-6-22(29(26)34-30)18-20-10-14-23(31)15-11-20/h2-4,7-8,10-18,28H,5-6,9,19H2,1H3,(H,33,34). The van der Waals surface area contributed by atoms with Crippen LogP contribution in [-0.2, 0) is 4.79 Å². The van der Waals surface area contributed by atoms with Gasteiger partial charge in [0.2, 0.25) is 5.91 Å². The summed E-state index contributed by atoms with van der Waals surface area (Å²) in [6.45, 7) is 0. The van der Waals surface area contributed by atoms with Gasteiger partial charge in [0.05, 0.1) is 5.75 Å². The van der Waals surface area contributed by atoms with Crippen molar-refractivity contribution < 1.29 is 4.79 Å². The fraction of sp³-hybridized carbons (Fsp3) is 0.200. The molecule has 188 valence electrons. The molecular weight excluding hydrogens is 610 g/mol. The number of amidine groups is 1. The Balaban J connectivity index is 1.43. The van der Waals surface area contributed by atoms with Crippen molar-refractivity contribution in [1.29, 1.82) is 0 Å². The van der Waals surface area contributed by atoms with Gasteiger partial charge in [-0.3, -0.25) is 4.79 Å². The lowest BCUT2D eigenvalue weighted by Gasteiger charge is -2.33. The largest absolute Gasteiger partial charge is 0.335 e. The Labute approximate surface area is 239 Å². The Morgan fingerprint density at radius 2 is 1.68 bits per heavy atom. The second-order valence-electron chi connectivity index (χ2n) is 9.07. The Bertz CT molecular complexity index is 1370. The van der Waals surface area contributed by atoms with Gasteiger partial charge in [-0.1, -0.05) is 86.1 Å². The molecule has 0 bridgehead atoms. The summed E-state index contributed by atoms with van der Waals surface area (Å²) in [6.07, 6.45) is 5.36. The molecule has 1 atom stereocenters. The molecule has 0 saturated carbocycles. The second-order valence-corrected chi connectivity index (χ2v) is 11.9. The number of hydrogen-bond donors (Lipinski definition) is 1. The maximum atomic E-state index is 13.0. The number of aliphatic imine (C=N–C) groups is 1. The monoisotopic (exact) mass is 635 g/mol. The van der Waals surface area contributed by atoms with Crippen molar-refractivity contribution in [2.75, 3.05) is 17.7 Å². The van der Waals surface area contributed by atoms with Crippen LogP contribution >= 0.6 is 43.6 Å². The van der Waals surface area contributed by atoms with Gasteiger partial charge in [-0.25, -0.2) is 4.99 Å². The van der Waals surface area contributed by atoms with Crippen LogP contribution in [-0.4, -0.2) is 23.9 Å². The molecule has 1 aliphatic heterocycles. The zero-order valence-corrected chi connectivity index (χ0v) is 24.4. The first-order valence-electron chi connectivity index (χ1n) is 12.2. The highest BCUT2D eigenvalue weighted by Crippen LogP contribution is 2.42. The fourth-order valence-corrected chi connectivity index (χ4v) is 5.95. The van der Waals surface area contributed by atoms with Gasteiger partial charge in [0.25, 0.3) is 0 Å². The quantitative estimate of drug-likeness (QED) is 0.308. The lowest BCUT2D eigenvalue weighted by atomic mass is 9.84. The molecule has 0 spiro atoms. The van der Waals surface area contributed by atoms with Crippen LogP contribution in [0, 0.1) is 0 Å². The van der Waals surface area contributed by atoms with Crippen molar-refractivity contribution in [2.24, 2.45) is 4.99 Å². The van der Waals surface area contributed by atoms with Gasteiger partial charge >= 0.3 is 0 Å². The molecule has 7 heteroatoms. The third kappa shape index (κ3) is 6.28. The molecule has 0 fully saturated rings. The summed E-state index contributed by atoms with van der Waals surface area (Å²) in [5.41, 5.74) is 6.97. The first-order valence-corrected chi connectivity index (χ1v) is 14.8. The molecule has 5 rings (SSSR count). The van der Waals surface area contributed by atoms with E-state index < -0.39 is 0 Å². The molecule has 0 saturated heterocycles. The highest BCUT2D eigenvalue weighted by atomic mass is 79.9. The molecule has 37 heavy (non-hydrogen) atoms. The number of halogens is 2. The number of amides is 1. The van der Waals surface area contributed by atoms with E-state index in [-0.39, 0.29) is 11.9 Å². The van der Waals surface area contributed by atoms with Crippen molar-refractivity contribution in [3.8, 4) is 0 Å². The number of carbonyl (C=O) groups excluding carboxylic acids is 1. The first kappa shape index (κ1) is 26.0. The van der Waals surface area contributed by atoms with E-state index in [2.05, 4.69) is 91.8 Å². The summed E-state index contributed by atoms with van der Waals surface area (Å²) in [7, 11) is 1.82. The SMILES string of the molecule is CN(C(=O)CSC1=NC(c2ccc(Br)cc2)C2=C(N1)C(=Cc1ccc(Br)cc1)CCC2)c1ccccc1. The van der Waals surface area contributed by atoms with Gasteiger partial charge in [0.1, 0.15) is 6.04 Å². The molecule has 1 N–H and O–H groups in total. The summed E-state index contributed by atoms with van der Waals surface area (Å²) in [6, 6.07) is 26.5. The molecule has 1 aliphatic carbocycles. The van der Waals surface area contributed by atoms with Gasteiger partial charge < -0.3 is 10.2 Å². The lowest BCUT2D eigenvalue weighted by molar-refractivity contribution is -0.115. The Morgan fingerprint density at radius 3 is 2.38 bits per heavy atom. The topological polar surface area (TPSA) is 44.7 Å². The van der Waals surface area contributed by atoms with Crippen molar-refractivity contribution in [2.45, 2.75) is 25.3 Å². The lowest BCUT2D eigenvalue weighted by Crippen LogP contribution is -2.33. The number of allylic oxidation sites excluding steroid dienone is 1. The minimum absolute atomic E-state index is 0.0370. The predicted molar refractivity (Wildman–Crippen MR) is 163 cm³/mol. The van der Waals surface area contributed by atoms with Crippen LogP contribution in [0.4, 0.5) is 5.69 Å². The molecule has 4 nitrogen and oxygen atoms in total. The van der Waals surface area contributed by atoms with Gasteiger partial charge in [0, 0.05) is 27.4 Å². The highest BCUT2D eigenvalue weighted by Gasteiger charge is 2.30. The van der Waals surface area contributed by atoms with Crippen LogP contribution in [0.25, 0.3) is 6.08 Å². The van der Waals surface area contributed by atoms with Crippen LogP contribution < -0.4 is 10.2 Å². The Morgan fingerprint density at radius 1 is 1.00 bits per heavy atom. The minimum Gasteiger partial charge on any atom is -0.335 e. The highest BCUT2D eigenvalue weighted by molar-refractivity contribution is 9.10. The van der Waals surface area contributed by atoms with E-state index in [1.54, 1.807) is 4.90 Å². The number of benzene rings is 3. The van der Waals surface area contributed by atoms with E-state index in [4.69, 9.17) is 4.99 Å². The van der Waals surface area contributed by atoms with Gasteiger partial charge in [-0.05, 0) is 84.0 Å². The molecule has 1 heterocycles. The minimum atomic E-state index is -0.0672. The van der Waals surface area contributed by atoms with E-state index in [9.17, 15) is 4.79 Å². The fourth-order valence-electron chi connectivity index (χ4n) is 4.62. The predicted octanol–water partition coefficient (Wildman–Crippen LogP) is 8.13. The number of nitrogens with one attached hydrogen (secondary N) is 1. The van der Waals surface area contributed by atoms with E-state index in [1.807, 2.05) is 37.4 Å².